The Labute approximate surface area is 91.4 Å². The average molecular weight is 231 g/mol. The molecule has 0 radical (unpaired) electrons. The predicted molar refractivity (Wildman–Crippen MR) is 53.1 cm³/mol. The summed E-state index contributed by atoms with van der Waals surface area (Å²) in [6.45, 7) is 0.838. The topological polar surface area (TPSA) is 21.3 Å². The van der Waals surface area contributed by atoms with Crippen LogP contribution in [0.3, 0.4) is 0 Å². The monoisotopic (exact) mass is 231 g/mol. The number of rotatable bonds is 2. The second-order valence-corrected chi connectivity index (χ2v) is 3.73. The summed E-state index contributed by atoms with van der Waals surface area (Å²) in [4.78, 5) is 0. The van der Waals surface area contributed by atoms with Crippen LogP contribution in [-0.2, 0) is 0 Å². The summed E-state index contributed by atoms with van der Waals surface area (Å²) >= 11 is 0. The number of ether oxygens (including phenoxy) is 1. The van der Waals surface area contributed by atoms with Gasteiger partial charge in [0.1, 0.15) is 5.75 Å². The standard InChI is InChI=1S/C11H12F3NO/c12-11(13,14)16-10-6-2-1-4-8(10)9-5-3-7-15-9/h1-2,4,6,9,15H,3,5,7H2. The van der Waals surface area contributed by atoms with Crippen molar-refractivity contribution in [1.29, 1.82) is 0 Å². The number of nitrogens with one attached hydrogen (secondary N) is 1. The molecule has 1 heterocycles. The fourth-order valence-corrected chi connectivity index (χ4v) is 1.94. The summed E-state index contributed by atoms with van der Waals surface area (Å²) in [5.74, 6) is -0.102. The highest BCUT2D eigenvalue weighted by Crippen LogP contribution is 2.33. The van der Waals surface area contributed by atoms with Crippen molar-refractivity contribution in [2.24, 2.45) is 0 Å². The first-order chi connectivity index (χ1) is 7.56. The molecule has 0 bridgehead atoms. The minimum atomic E-state index is -4.63. The molecule has 5 heteroatoms. The smallest absolute Gasteiger partial charge is 0.405 e. The molecule has 1 saturated heterocycles. The van der Waals surface area contributed by atoms with Crippen molar-refractivity contribution < 1.29 is 17.9 Å². The van der Waals surface area contributed by atoms with Crippen molar-refractivity contribution in [2.75, 3.05) is 6.54 Å². The molecular weight excluding hydrogens is 219 g/mol. The van der Waals surface area contributed by atoms with Gasteiger partial charge in [0.25, 0.3) is 0 Å². The Hall–Kier alpha value is -1.23. The van der Waals surface area contributed by atoms with E-state index < -0.39 is 6.36 Å². The van der Waals surface area contributed by atoms with Crippen molar-refractivity contribution >= 4 is 0 Å². The molecule has 16 heavy (non-hydrogen) atoms. The molecule has 1 aromatic rings. The summed E-state index contributed by atoms with van der Waals surface area (Å²) < 4.78 is 40.5. The first kappa shape index (κ1) is 11.3. The molecule has 1 aliphatic rings. The largest absolute Gasteiger partial charge is 0.573 e. The third kappa shape index (κ3) is 2.66. The van der Waals surface area contributed by atoms with Crippen molar-refractivity contribution in [3.63, 3.8) is 0 Å². The fourth-order valence-electron chi connectivity index (χ4n) is 1.94. The van der Waals surface area contributed by atoms with Gasteiger partial charge in [-0.05, 0) is 25.5 Å². The van der Waals surface area contributed by atoms with Gasteiger partial charge in [0.2, 0.25) is 0 Å². The summed E-state index contributed by atoms with van der Waals surface area (Å²) in [7, 11) is 0. The van der Waals surface area contributed by atoms with Crippen LogP contribution >= 0.6 is 0 Å². The second kappa shape index (κ2) is 4.33. The number of hydrogen-bond acceptors (Lipinski definition) is 2. The number of benzene rings is 1. The highest BCUT2D eigenvalue weighted by Gasteiger charge is 2.33. The van der Waals surface area contributed by atoms with Crippen molar-refractivity contribution in [2.45, 2.75) is 25.2 Å². The van der Waals surface area contributed by atoms with E-state index in [1.54, 1.807) is 18.2 Å². The van der Waals surface area contributed by atoms with Gasteiger partial charge in [0.05, 0.1) is 0 Å². The van der Waals surface area contributed by atoms with Crippen molar-refractivity contribution in [3.05, 3.63) is 29.8 Å². The Morgan fingerprint density at radius 2 is 2.00 bits per heavy atom. The van der Waals surface area contributed by atoms with Crippen LogP contribution in [0.2, 0.25) is 0 Å². The van der Waals surface area contributed by atoms with Crippen molar-refractivity contribution in [1.82, 2.24) is 5.32 Å². The average Bonchev–Trinajstić information content (AvgIpc) is 2.69. The molecule has 1 unspecified atom stereocenters. The summed E-state index contributed by atoms with van der Waals surface area (Å²) in [6, 6.07) is 6.25. The first-order valence-electron chi connectivity index (χ1n) is 5.14. The van der Waals surface area contributed by atoms with Crippen LogP contribution in [0.5, 0.6) is 5.75 Å². The number of hydrogen-bond donors (Lipinski definition) is 1. The van der Waals surface area contributed by atoms with E-state index in [9.17, 15) is 13.2 Å². The third-order valence-corrected chi connectivity index (χ3v) is 2.58. The van der Waals surface area contributed by atoms with Crippen molar-refractivity contribution in [3.8, 4) is 5.75 Å². The van der Waals surface area contributed by atoms with Gasteiger partial charge >= 0.3 is 6.36 Å². The van der Waals surface area contributed by atoms with Crippen LogP contribution in [0, 0.1) is 0 Å². The van der Waals surface area contributed by atoms with E-state index in [1.807, 2.05) is 0 Å². The third-order valence-electron chi connectivity index (χ3n) is 2.58. The molecule has 1 aromatic carbocycles. The van der Waals surface area contributed by atoms with Crippen LogP contribution in [0.4, 0.5) is 13.2 Å². The quantitative estimate of drug-likeness (QED) is 0.844. The maximum Gasteiger partial charge on any atom is 0.573 e. The lowest BCUT2D eigenvalue weighted by atomic mass is 10.0. The molecule has 0 spiro atoms. The van der Waals surface area contributed by atoms with E-state index in [0.29, 0.717) is 5.56 Å². The summed E-state index contributed by atoms with van der Waals surface area (Å²) in [6.07, 6.45) is -2.81. The summed E-state index contributed by atoms with van der Waals surface area (Å²) in [5, 5.41) is 3.15. The van der Waals surface area contributed by atoms with E-state index in [2.05, 4.69) is 10.1 Å². The fraction of sp³-hybridized carbons (Fsp3) is 0.455. The molecule has 0 saturated carbocycles. The van der Waals surface area contributed by atoms with E-state index in [-0.39, 0.29) is 11.8 Å². The Balaban J connectivity index is 2.23. The van der Waals surface area contributed by atoms with Gasteiger partial charge in [0.15, 0.2) is 0 Å². The number of para-hydroxylation sites is 1. The van der Waals surface area contributed by atoms with Gasteiger partial charge in [-0.25, -0.2) is 0 Å². The zero-order chi connectivity index (χ0) is 11.6. The maximum atomic E-state index is 12.2. The Morgan fingerprint density at radius 1 is 1.25 bits per heavy atom. The minimum absolute atomic E-state index is 0.0291. The van der Waals surface area contributed by atoms with Gasteiger partial charge in [-0.1, -0.05) is 18.2 Å². The molecule has 2 nitrogen and oxygen atoms in total. The van der Waals surface area contributed by atoms with Gasteiger partial charge < -0.3 is 10.1 Å². The highest BCUT2D eigenvalue weighted by molar-refractivity contribution is 5.36. The molecule has 88 valence electrons. The molecule has 1 fully saturated rings. The Kier molecular flexibility index (Phi) is 3.05. The van der Waals surface area contributed by atoms with Gasteiger partial charge in [-0.15, -0.1) is 13.2 Å². The SMILES string of the molecule is FC(F)(F)Oc1ccccc1C1CCCN1. The van der Waals surface area contributed by atoms with E-state index in [4.69, 9.17) is 0 Å². The lowest BCUT2D eigenvalue weighted by Gasteiger charge is -2.17. The molecule has 2 rings (SSSR count). The van der Waals surface area contributed by atoms with Gasteiger partial charge in [0, 0.05) is 11.6 Å². The Morgan fingerprint density at radius 3 is 2.62 bits per heavy atom. The van der Waals surface area contributed by atoms with Crippen LogP contribution in [0.25, 0.3) is 0 Å². The van der Waals surface area contributed by atoms with E-state index in [0.717, 1.165) is 19.4 Å². The molecule has 0 aromatic heterocycles. The zero-order valence-corrected chi connectivity index (χ0v) is 8.55. The summed E-state index contributed by atoms with van der Waals surface area (Å²) in [5.41, 5.74) is 0.581. The normalized spacial score (nSPS) is 21.1. The molecule has 1 aliphatic heterocycles. The first-order valence-corrected chi connectivity index (χ1v) is 5.14. The Bertz CT molecular complexity index is 358. The minimum Gasteiger partial charge on any atom is -0.405 e. The molecule has 0 amide bonds. The van der Waals surface area contributed by atoms with Crippen LogP contribution in [0.15, 0.2) is 24.3 Å². The number of halogens is 3. The molecular formula is C11H12F3NO. The predicted octanol–water partition coefficient (Wildman–Crippen LogP) is 3.01. The van der Waals surface area contributed by atoms with Gasteiger partial charge in [-0.2, -0.15) is 0 Å². The lowest BCUT2D eigenvalue weighted by Crippen LogP contribution is -2.20. The van der Waals surface area contributed by atoms with Crippen LogP contribution < -0.4 is 10.1 Å². The van der Waals surface area contributed by atoms with Gasteiger partial charge in [-0.3, -0.25) is 0 Å². The maximum absolute atomic E-state index is 12.2. The molecule has 1 atom stereocenters. The van der Waals surface area contributed by atoms with E-state index in [1.165, 1.54) is 6.07 Å². The highest BCUT2D eigenvalue weighted by atomic mass is 19.4. The molecule has 0 aliphatic carbocycles. The van der Waals surface area contributed by atoms with E-state index >= 15 is 0 Å². The zero-order valence-electron chi connectivity index (χ0n) is 8.55. The van der Waals surface area contributed by atoms with Crippen LogP contribution in [-0.4, -0.2) is 12.9 Å². The number of alkyl halides is 3. The second-order valence-electron chi connectivity index (χ2n) is 3.73. The molecule has 1 N–H and O–H groups in total. The van der Waals surface area contributed by atoms with Crippen LogP contribution in [0.1, 0.15) is 24.4 Å². The lowest BCUT2D eigenvalue weighted by molar-refractivity contribution is -0.275.